The molecule has 1 N–H and O–H groups in total. The van der Waals surface area contributed by atoms with Crippen LogP contribution in [0.2, 0.25) is 0 Å². The van der Waals surface area contributed by atoms with Gasteiger partial charge >= 0.3 is 0 Å². The van der Waals surface area contributed by atoms with Crippen LogP contribution in [0.4, 0.5) is 10.1 Å². The van der Waals surface area contributed by atoms with Crippen LogP contribution in [-0.4, -0.2) is 42.5 Å². The summed E-state index contributed by atoms with van der Waals surface area (Å²) in [4.78, 5) is 26.7. The lowest BCUT2D eigenvalue weighted by atomic mass is 10.1. The number of nitrogens with one attached hydrogen (secondary N) is 1. The van der Waals surface area contributed by atoms with Gasteiger partial charge in [0.25, 0.3) is 5.91 Å². The van der Waals surface area contributed by atoms with Gasteiger partial charge in [-0.15, -0.1) is 0 Å². The number of nitrogens with zero attached hydrogens (tertiary/aromatic N) is 1. The summed E-state index contributed by atoms with van der Waals surface area (Å²) in [6.45, 7) is 3.56. The first-order chi connectivity index (χ1) is 13.0. The smallest absolute Gasteiger partial charge is 0.254 e. The van der Waals surface area contributed by atoms with Gasteiger partial charge in [-0.25, -0.2) is 4.39 Å². The minimum Gasteiger partial charge on any atom is -0.377 e. The van der Waals surface area contributed by atoms with Crippen LogP contribution in [-0.2, 0) is 16.0 Å². The van der Waals surface area contributed by atoms with Gasteiger partial charge in [-0.3, -0.25) is 9.59 Å². The van der Waals surface area contributed by atoms with Crippen molar-refractivity contribution in [3.8, 4) is 0 Å². The van der Waals surface area contributed by atoms with Crippen LogP contribution in [0.25, 0.3) is 0 Å². The van der Waals surface area contributed by atoms with Gasteiger partial charge in [0.05, 0.1) is 19.3 Å². The molecule has 0 aliphatic carbocycles. The third kappa shape index (κ3) is 4.92. The largest absolute Gasteiger partial charge is 0.377 e. The summed E-state index contributed by atoms with van der Waals surface area (Å²) in [5, 5.41) is 2.78. The van der Waals surface area contributed by atoms with E-state index in [9.17, 15) is 14.0 Å². The van der Waals surface area contributed by atoms with E-state index in [4.69, 9.17) is 4.74 Å². The number of amides is 2. The van der Waals surface area contributed by atoms with Crippen molar-refractivity contribution in [2.24, 2.45) is 0 Å². The van der Waals surface area contributed by atoms with Crippen molar-refractivity contribution in [1.82, 2.24) is 4.90 Å². The molecule has 0 saturated carbocycles. The molecule has 3 rings (SSSR count). The van der Waals surface area contributed by atoms with E-state index in [1.54, 1.807) is 47.4 Å². The summed E-state index contributed by atoms with van der Waals surface area (Å²) in [6.07, 6.45) is 0.488. The number of ether oxygens (including phenoxy) is 1. The van der Waals surface area contributed by atoms with Gasteiger partial charge in [-0.2, -0.15) is 0 Å². The molecule has 1 heterocycles. The van der Waals surface area contributed by atoms with Crippen molar-refractivity contribution in [2.75, 3.05) is 25.1 Å². The Morgan fingerprint density at radius 2 is 2.04 bits per heavy atom. The molecule has 27 heavy (non-hydrogen) atoms. The van der Waals surface area contributed by atoms with Crippen molar-refractivity contribution in [3.63, 3.8) is 0 Å². The average molecular weight is 370 g/mol. The molecule has 1 unspecified atom stereocenters. The number of rotatable bonds is 5. The van der Waals surface area contributed by atoms with Crippen molar-refractivity contribution in [3.05, 3.63) is 65.5 Å². The zero-order chi connectivity index (χ0) is 19.2. The molecule has 0 aromatic heterocycles. The summed E-state index contributed by atoms with van der Waals surface area (Å²) < 4.78 is 19.0. The maximum atomic E-state index is 13.6. The van der Waals surface area contributed by atoms with Crippen LogP contribution in [0.5, 0.6) is 0 Å². The minimum absolute atomic E-state index is 0.0188. The highest BCUT2D eigenvalue weighted by molar-refractivity contribution is 5.97. The highest BCUT2D eigenvalue weighted by Gasteiger charge is 2.24. The highest BCUT2D eigenvalue weighted by Crippen LogP contribution is 2.17. The van der Waals surface area contributed by atoms with Crippen molar-refractivity contribution in [2.45, 2.75) is 25.8 Å². The van der Waals surface area contributed by atoms with E-state index >= 15 is 0 Å². The van der Waals surface area contributed by atoms with Gasteiger partial charge in [0.2, 0.25) is 5.91 Å². The molecule has 1 saturated heterocycles. The van der Waals surface area contributed by atoms with Crippen molar-refractivity contribution in [1.29, 1.82) is 0 Å². The third-order valence-electron chi connectivity index (χ3n) is 4.60. The molecule has 142 valence electrons. The Hall–Kier alpha value is -2.73. The first kappa shape index (κ1) is 19.0. The Labute approximate surface area is 158 Å². The van der Waals surface area contributed by atoms with E-state index in [0.717, 1.165) is 0 Å². The number of carbonyl (C=O) groups excluding carboxylic acids is 2. The monoisotopic (exact) mass is 370 g/mol. The Kier molecular flexibility index (Phi) is 6.19. The number of hydrogen-bond donors (Lipinski definition) is 1. The molecule has 5 nitrogen and oxygen atoms in total. The number of hydrogen-bond acceptors (Lipinski definition) is 3. The molecule has 2 aromatic rings. The van der Waals surface area contributed by atoms with Gasteiger partial charge in [0.1, 0.15) is 5.82 Å². The fourth-order valence-corrected chi connectivity index (χ4v) is 3.10. The van der Waals surface area contributed by atoms with Gasteiger partial charge in [0, 0.05) is 24.2 Å². The van der Waals surface area contributed by atoms with E-state index in [1.807, 2.05) is 6.92 Å². The number of anilines is 1. The predicted molar refractivity (Wildman–Crippen MR) is 101 cm³/mol. The van der Waals surface area contributed by atoms with Crippen LogP contribution >= 0.6 is 0 Å². The first-order valence-corrected chi connectivity index (χ1v) is 9.06. The normalized spacial score (nSPS) is 16.8. The molecule has 6 heteroatoms. The molecule has 0 spiro atoms. The van der Waals surface area contributed by atoms with E-state index < -0.39 is 0 Å². The summed E-state index contributed by atoms with van der Waals surface area (Å²) in [6, 6.07) is 13.3. The molecule has 1 fully saturated rings. The summed E-state index contributed by atoms with van der Waals surface area (Å²) in [5.74, 6) is -0.603. The number of benzene rings is 2. The van der Waals surface area contributed by atoms with Gasteiger partial charge in [0.15, 0.2) is 0 Å². The van der Waals surface area contributed by atoms with Gasteiger partial charge < -0.3 is 15.0 Å². The standard InChI is InChI=1S/C21H23FN2O3/c1-15-14-27-12-11-24(15)21(26)17-6-4-7-18(13-17)23-20(25)10-9-16-5-2-3-8-19(16)22/h2-8,13,15H,9-12,14H2,1H3,(H,23,25). The van der Waals surface area contributed by atoms with E-state index in [-0.39, 0.29) is 30.1 Å². The third-order valence-corrected chi connectivity index (χ3v) is 4.60. The van der Waals surface area contributed by atoms with Crippen molar-refractivity contribution < 1.29 is 18.7 Å². The number of aryl methyl sites for hydroxylation is 1. The zero-order valence-electron chi connectivity index (χ0n) is 15.3. The van der Waals surface area contributed by atoms with Gasteiger partial charge in [-0.1, -0.05) is 24.3 Å². The first-order valence-electron chi connectivity index (χ1n) is 9.06. The summed E-state index contributed by atoms with van der Waals surface area (Å²) >= 11 is 0. The minimum atomic E-state index is -0.308. The van der Waals surface area contributed by atoms with Gasteiger partial charge in [-0.05, 0) is 43.2 Å². The highest BCUT2D eigenvalue weighted by atomic mass is 19.1. The van der Waals surface area contributed by atoms with Crippen LogP contribution in [0.15, 0.2) is 48.5 Å². The second kappa shape index (κ2) is 8.77. The van der Waals surface area contributed by atoms with Crippen LogP contribution in [0, 0.1) is 5.82 Å². The maximum Gasteiger partial charge on any atom is 0.254 e. The average Bonchev–Trinajstić information content (AvgIpc) is 2.67. The van der Waals surface area contributed by atoms with E-state index in [2.05, 4.69) is 5.32 Å². The number of carbonyl (C=O) groups is 2. The Balaban J connectivity index is 1.60. The van der Waals surface area contributed by atoms with Crippen LogP contribution in [0.1, 0.15) is 29.3 Å². The molecule has 1 atom stereocenters. The lowest BCUT2D eigenvalue weighted by Crippen LogP contribution is -2.47. The summed E-state index contributed by atoms with van der Waals surface area (Å²) in [7, 11) is 0. The lowest BCUT2D eigenvalue weighted by molar-refractivity contribution is -0.116. The predicted octanol–water partition coefficient (Wildman–Crippen LogP) is 3.26. The molecular formula is C21H23FN2O3. The molecular weight excluding hydrogens is 347 g/mol. The summed E-state index contributed by atoms with van der Waals surface area (Å²) in [5.41, 5.74) is 1.59. The Bertz CT molecular complexity index is 825. The molecule has 1 aliphatic heterocycles. The topological polar surface area (TPSA) is 58.6 Å². The van der Waals surface area contributed by atoms with Crippen LogP contribution < -0.4 is 5.32 Å². The van der Waals surface area contributed by atoms with Crippen LogP contribution in [0.3, 0.4) is 0 Å². The zero-order valence-corrected chi connectivity index (χ0v) is 15.3. The number of morpholine rings is 1. The fraction of sp³-hybridized carbons (Fsp3) is 0.333. The lowest BCUT2D eigenvalue weighted by Gasteiger charge is -2.33. The molecule has 0 bridgehead atoms. The Morgan fingerprint density at radius 1 is 1.22 bits per heavy atom. The quantitative estimate of drug-likeness (QED) is 0.879. The second-order valence-electron chi connectivity index (χ2n) is 6.64. The maximum absolute atomic E-state index is 13.6. The van der Waals surface area contributed by atoms with E-state index in [0.29, 0.717) is 43.0 Å². The Morgan fingerprint density at radius 3 is 2.81 bits per heavy atom. The molecule has 0 radical (unpaired) electrons. The fourth-order valence-electron chi connectivity index (χ4n) is 3.10. The number of halogens is 1. The molecule has 1 aliphatic rings. The van der Waals surface area contributed by atoms with E-state index in [1.165, 1.54) is 6.07 Å². The SMILES string of the molecule is CC1COCCN1C(=O)c1cccc(NC(=O)CCc2ccccc2F)c1. The second-order valence-corrected chi connectivity index (χ2v) is 6.64. The molecule has 2 aromatic carbocycles. The molecule has 2 amide bonds. The van der Waals surface area contributed by atoms with Crippen molar-refractivity contribution >= 4 is 17.5 Å².